The molecule has 0 radical (unpaired) electrons. The van der Waals surface area contributed by atoms with E-state index in [0.717, 1.165) is 5.56 Å². The molecule has 0 bridgehead atoms. The molecule has 104 valence electrons. The van der Waals surface area contributed by atoms with Gasteiger partial charge in [0.15, 0.2) is 6.04 Å². The Hall–Kier alpha value is -1.44. The SMILES string of the molecule is Cc1ccc(S(=O)(=O)NC2C[N+](C)(C)NC2=O)cc1. The molecule has 1 atom stereocenters. The molecule has 6 nitrogen and oxygen atoms in total. The molecule has 1 amide bonds. The normalized spacial score (nSPS) is 22.3. The number of sulfonamides is 1. The number of amides is 1. The highest BCUT2D eigenvalue weighted by molar-refractivity contribution is 7.89. The predicted molar refractivity (Wildman–Crippen MR) is 70.4 cm³/mol. The molecule has 1 heterocycles. The minimum atomic E-state index is -3.66. The van der Waals surface area contributed by atoms with E-state index in [1.807, 2.05) is 6.92 Å². The summed E-state index contributed by atoms with van der Waals surface area (Å²) in [4.78, 5) is 11.9. The first-order valence-corrected chi connectivity index (χ1v) is 7.42. The van der Waals surface area contributed by atoms with Gasteiger partial charge in [0.05, 0.1) is 19.0 Å². The first-order chi connectivity index (χ1) is 8.70. The summed E-state index contributed by atoms with van der Waals surface area (Å²) in [6.45, 7) is 2.26. The van der Waals surface area contributed by atoms with Crippen LogP contribution in [0.5, 0.6) is 0 Å². The summed E-state index contributed by atoms with van der Waals surface area (Å²) < 4.78 is 27.0. The summed E-state index contributed by atoms with van der Waals surface area (Å²) in [5, 5.41) is 0. The molecule has 0 aromatic heterocycles. The van der Waals surface area contributed by atoms with E-state index >= 15 is 0 Å². The first-order valence-electron chi connectivity index (χ1n) is 5.94. The Bertz CT molecular complexity index is 593. The van der Waals surface area contributed by atoms with Crippen LogP contribution in [0.3, 0.4) is 0 Å². The first kappa shape index (κ1) is 14.0. The van der Waals surface area contributed by atoms with Crippen molar-refractivity contribution in [2.45, 2.75) is 17.9 Å². The van der Waals surface area contributed by atoms with E-state index in [4.69, 9.17) is 0 Å². The molecule has 0 spiro atoms. The third-order valence-electron chi connectivity index (χ3n) is 3.00. The second-order valence-electron chi connectivity index (χ2n) is 5.33. The third kappa shape index (κ3) is 3.12. The molecule has 19 heavy (non-hydrogen) atoms. The maximum absolute atomic E-state index is 12.2. The van der Waals surface area contributed by atoms with Crippen molar-refractivity contribution in [1.82, 2.24) is 10.1 Å². The number of rotatable bonds is 3. The van der Waals surface area contributed by atoms with Crippen LogP contribution >= 0.6 is 0 Å². The summed E-state index contributed by atoms with van der Waals surface area (Å²) in [5.74, 6) is -0.305. The van der Waals surface area contributed by atoms with Gasteiger partial charge in [0.1, 0.15) is 6.54 Å². The van der Waals surface area contributed by atoms with Gasteiger partial charge < -0.3 is 0 Å². The van der Waals surface area contributed by atoms with Crippen LogP contribution in [-0.4, -0.2) is 45.6 Å². The van der Waals surface area contributed by atoms with E-state index in [9.17, 15) is 13.2 Å². The average Bonchev–Trinajstić information content (AvgIpc) is 2.51. The lowest BCUT2D eigenvalue weighted by molar-refractivity contribution is -0.916. The van der Waals surface area contributed by atoms with E-state index in [-0.39, 0.29) is 15.4 Å². The Balaban J connectivity index is 2.19. The molecule has 7 heteroatoms. The zero-order valence-electron chi connectivity index (χ0n) is 11.2. The van der Waals surface area contributed by atoms with Crippen molar-refractivity contribution in [1.29, 1.82) is 0 Å². The van der Waals surface area contributed by atoms with Crippen molar-refractivity contribution in [2.75, 3.05) is 20.6 Å². The number of carbonyl (C=O) groups is 1. The Morgan fingerprint density at radius 2 is 1.84 bits per heavy atom. The molecule has 1 unspecified atom stereocenters. The number of hydrogen-bond donors (Lipinski definition) is 2. The van der Waals surface area contributed by atoms with Crippen molar-refractivity contribution in [3.05, 3.63) is 29.8 Å². The smallest absolute Gasteiger partial charge is 0.268 e. The molecule has 1 saturated heterocycles. The quantitative estimate of drug-likeness (QED) is 0.753. The Kier molecular flexibility index (Phi) is 3.38. The Morgan fingerprint density at radius 3 is 2.32 bits per heavy atom. The van der Waals surface area contributed by atoms with E-state index in [0.29, 0.717) is 6.54 Å². The topological polar surface area (TPSA) is 75.3 Å². The Morgan fingerprint density at radius 1 is 1.26 bits per heavy atom. The molecular weight excluding hydrogens is 266 g/mol. The fourth-order valence-corrected chi connectivity index (χ4v) is 3.21. The van der Waals surface area contributed by atoms with Crippen LogP contribution in [0.15, 0.2) is 29.2 Å². The van der Waals surface area contributed by atoms with Crippen molar-refractivity contribution in [2.24, 2.45) is 0 Å². The van der Waals surface area contributed by atoms with Crippen molar-refractivity contribution >= 4 is 15.9 Å². The Labute approximate surface area is 113 Å². The van der Waals surface area contributed by atoms with Crippen molar-refractivity contribution in [3.63, 3.8) is 0 Å². The van der Waals surface area contributed by atoms with Gasteiger partial charge in [-0.05, 0) is 19.1 Å². The number of hydrogen-bond acceptors (Lipinski definition) is 3. The maximum Gasteiger partial charge on any atom is 0.289 e. The summed E-state index contributed by atoms with van der Waals surface area (Å²) in [6, 6.07) is 5.78. The standard InChI is InChI=1S/C12H17N3O3S/c1-9-4-6-10(7-5-9)19(17,18)14-11-8-15(2,3)13-12(11)16/h4-7,11,14H,8H2,1-3H3/p+1. The van der Waals surface area contributed by atoms with Gasteiger partial charge in [0, 0.05) is 0 Å². The summed E-state index contributed by atoms with van der Waals surface area (Å²) >= 11 is 0. The summed E-state index contributed by atoms with van der Waals surface area (Å²) in [7, 11) is -0.0571. The maximum atomic E-state index is 12.2. The van der Waals surface area contributed by atoms with Gasteiger partial charge in [-0.1, -0.05) is 17.7 Å². The van der Waals surface area contributed by atoms with Crippen molar-refractivity contribution in [3.8, 4) is 0 Å². The number of nitrogens with one attached hydrogen (secondary N) is 2. The van der Waals surface area contributed by atoms with E-state index in [1.54, 1.807) is 26.2 Å². The van der Waals surface area contributed by atoms with Crippen LogP contribution in [0.25, 0.3) is 0 Å². The molecule has 1 aromatic rings. The van der Waals surface area contributed by atoms with Gasteiger partial charge in [-0.2, -0.15) is 4.72 Å². The van der Waals surface area contributed by atoms with Gasteiger partial charge in [-0.3, -0.25) is 4.79 Å². The highest BCUT2D eigenvalue weighted by Gasteiger charge is 2.41. The van der Waals surface area contributed by atoms with Crippen LogP contribution in [0.4, 0.5) is 0 Å². The predicted octanol–water partition coefficient (Wildman–Crippen LogP) is -0.237. The molecule has 2 N–H and O–H groups in total. The van der Waals surface area contributed by atoms with E-state index in [1.165, 1.54) is 12.1 Å². The molecule has 0 aliphatic carbocycles. The number of aryl methyl sites for hydroxylation is 1. The lowest BCUT2D eigenvalue weighted by atomic mass is 10.2. The molecule has 1 aliphatic heterocycles. The highest BCUT2D eigenvalue weighted by atomic mass is 32.2. The van der Waals surface area contributed by atoms with Gasteiger partial charge in [0.2, 0.25) is 10.0 Å². The van der Waals surface area contributed by atoms with Crippen LogP contribution < -0.4 is 10.1 Å². The number of quaternary nitrogens is 1. The van der Waals surface area contributed by atoms with E-state index < -0.39 is 16.1 Å². The average molecular weight is 284 g/mol. The molecule has 1 aliphatic rings. The lowest BCUT2D eigenvalue weighted by Crippen LogP contribution is -2.47. The zero-order chi connectivity index (χ0) is 14.3. The zero-order valence-corrected chi connectivity index (χ0v) is 12.0. The molecule has 1 fully saturated rings. The lowest BCUT2D eigenvalue weighted by Gasteiger charge is -2.20. The van der Waals surface area contributed by atoms with E-state index in [2.05, 4.69) is 10.1 Å². The summed E-state index contributed by atoms with van der Waals surface area (Å²) in [5.41, 5.74) is 3.68. The van der Waals surface area contributed by atoms with Crippen LogP contribution in [0, 0.1) is 6.92 Å². The molecule has 1 aromatic carbocycles. The van der Waals surface area contributed by atoms with Crippen molar-refractivity contribution < 1.29 is 17.8 Å². The fraction of sp³-hybridized carbons (Fsp3) is 0.417. The van der Waals surface area contributed by atoms with Crippen LogP contribution in [0.2, 0.25) is 0 Å². The number of benzene rings is 1. The minimum absolute atomic E-state index is 0.170. The van der Waals surface area contributed by atoms with Gasteiger partial charge >= 0.3 is 0 Å². The van der Waals surface area contributed by atoms with Gasteiger partial charge in [0.25, 0.3) is 5.91 Å². The number of carbonyl (C=O) groups excluding carboxylic acids is 1. The molecular formula is C12H18N3O3S+. The molecule has 2 rings (SSSR count). The van der Waals surface area contributed by atoms with Gasteiger partial charge in [-0.25, -0.2) is 18.4 Å². The van der Waals surface area contributed by atoms with Crippen LogP contribution in [0.1, 0.15) is 5.56 Å². The second-order valence-corrected chi connectivity index (χ2v) is 7.04. The monoisotopic (exact) mass is 284 g/mol. The number of nitrogens with zero attached hydrogens (tertiary/aromatic N) is 1. The fourth-order valence-electron chi connectivity index (χ4n) is 2.02. The number of likely N-dealkylation sites (N-methyl/N-ethyl adjacent to an activating group) is 1. The summed E-state index contributed by atoms with van der Waals surface area (Å²) in [6.07, 6.45) is 0. The third-order valence-corrected chi connectivity index (χ3v) is 4.48. The largest absolute Gasteiger partial charge is 0.289 e. The highest BCUT2D eigenvalue weighted by Crippen LogP contribution is 2.13. The second kappa shape index (κ2) is 4.59. The van der Waals surface area contributed by atoms with Gasteiger partial charge in [-0.15, -0.1) is 0 Å². The molecule has 0 saturated carbocycles. The van der Waals surface area contributed by atoms with Crippen LogP contribution in [-0.2, 0) is 14.8 Å². The minimum Gasteiger partial charge on any atom is -0.268 e.